The number of likely N-dealkylation sites (N-methyl/N-ethyl adjacent to an activating group) is 1. The molecular weight excluding hydrogens is 254 g/mol. The van der Waals surface area contributed by atoms with E-state index < -0.39 is 0 Å². The van der Waals surface area contributed by atoms with Crippen molar-refractivity contribution in [3.63, 3.8) is 0 Å². The van der Waals surface area contributed by atoms with Gasteiger partial charge in [-0.3, -0.25) is 0 Å². The van der Waals surface area contributed by atoms with Crippen LogP contribution in [0.2, 0.25) is 0 Å². The van der Waals surface area contributed by atoms with Gasteiger partial charge in [0.05, 0.1) is 24.4 Å². The van der Waals surface area contributed by atoms with Gasteiger partial charge in [0.15, 0.2) is 5.82 Å². The molecule has 3 heterocycles. The Labute approximate surface area is 118 Å². The van der Waals surface area contributed by atoms with Crippen molar-refractivity contribution in [3.05, 3.63) is 36.4 Å². The molecule has 106 valence electrons. The normalized spacial score (nSPS) is 18.4. The van der Waals surface area contributed by atoms with Crippen LogP contribution in [-0.4, -0.2) is 36.4 Å². The first-order chi connectivity index (χ1) is 9.85. The molecule has 1 atom stereocenters. The van der Waals surface area contributed by atoms with Gasteiger partial charge < -0.3 is 20.0 Å². The van der Waals surface area contributed by atoms with Crippen molar-refractivity contribution in [2.45, 2.75) is 19.0 Å². The van der Waals surface area contributed by atoms with Crippen LogP contribution in [0.3, 0.4) is 0 Å². The van der Waals surface area contributed by atoms with E-state index in [1.807, 2.05) is 25.4 Å². The second kappa shape index (κ2) is 5.92. The van der Waals surface area contributed by atoms with Crippen LogP contribution in [0.5, 0.6) is 0 Å². The van der Waals surface area contributed by atoms with Gasteiger partial charge >= 0.3 is 0 Å². The SMILES string of the molecule is CN[C@@H]1CCN(c2cnnc(NCc3ccoc3)c2)C1. The van der Waals surface area contributed by atoms with E-state index in [0.717, 1.165) is 36.6 Å². The van der Waals surface area contributed by atoms with Crippen LogP contribution < -0.4 is 15.5 Å². The molecule has 1 fully saturated rings. The molecule has 0 aliphatic carbocycles. The number of nitrogens with one attached hydrogen (secondary N) is 2. The van der Waals surface area contributed by atoms with Gasteiger partial charge in [-0.1, -0.05) is 0 Å². The van der Waals surface area contributed by atoms with Gasteiger partial charge in [0.1, 0.15) is 0 Å². The molecular formula is C14H19N5O. The van der Waals surface area contributed by atoms with E-state index >= 15 is 0 Å². The van der Waals surface area contributed by atoms with E-state index in [-0.39, 0.29) is 0 Å². The fourth-order valence-electron chi connectivity index (χ4n) is 2.43. The number of nitrogens with zero attached hydrogens (tertiary/aromatic N) is 3. The van der Waals surface area contributed by atoms with Crippen LogP contribution in [0, 0.1) is 0 Å². The first kappa shape index (κ1) is 12.9. The van der Waals surface area contributed by atoms with Crippen molar-refractivity contribution in [3.8, 4) is 0 Å². The third-order valence-corrected chi connectivity index (χ3v) is 3.66. The molecule has 1 saturated heterocycles. The largest absolute Gasteiger partial charge is 0.472 e. The van der Waals surface area contributed by atoms with Gasteiger partial charge in [0.25, 0.3) is 0 Å². The molecule has 0 bridgehead atoms. The number of hydrogen-bond donors (Lipinski definition) is 2. The lowest BCUT2D eigenvalue weighted by Gasteiger charge is -2.18. The van der Waals surface area contributed by atoms with E-state index in [1.54, 1.807) is 12.5 Å². The van der Waals surface area contributed by atoms with E-state index in [0.29, 0.717) is 12.6 Å². The predicted molar refractivity (Wildman–Crippen MR) is 77.7 cm³/mol. The lowest BCUT2D eigenvalue weighted by atomic mass is 10.3. The summed E-state index contributed by atoms with van der Waals surface area (Å²) in [5.74, 6) is 0.789. The smallest absolute Gasteiger partial charge is 0.150 e. The van der Waals surface area contributed by atoms with E-state index in [2.05, 4.69) is 25.7 Å². The first-order valence-corrected chi connectivity index (χ1v) is 6.85. The summed E-state index contributed by atoms with van der Waals surface area (Å²) in [6, 6.07) is 4.54. The Kier molecular flexibility index (Phi) is 3.83. The summed E-state index contributed by atoms with van der Waals surface area (Å²) in [5.41, 5.74) is 2.21. The molecule has 2 aromatic heterocycles. The summed E-state index contributed by atoms with van der Waals surface area (Å²) in [6.07, 6.45) is 6.38. The second-order valence-electron chi connectivity index (χ2n) is 5.00. The minimum atomic E-state index is 0.561. The first-order valence-electron chi connectivity index (χ1n) is 6.85. The number of aromatic nitrogens is 2. The van der Waals surface area contributed by atoms with Crippen LogP contribution in [0.1, 0.15) is 12.0 Å². The highest BCUT2D eigenvalue weighted by Crippen LogP contribution is 2.21. The third kappa shape index (κ3) is 2.91. The maximum Gasteiger partial charge on any atom is 0.150 e. The van der Waals surface area contributed by atoms with Gasteiger partial charge in [0.2, 0.25) is 0 Å². The summed E-state index contributed by atoms with van der Waals surface area (Å²) >= 11 is 0. The fraction of sp³-hybridized carbons (Fsp3) is 0.429. The van der Waals surface area contributed by atoms with Crippen LogP contribution >= 0.6 is 0 Å². The number of rotatable bonds is 5. The van der Waals surface area contributed by atoms with Crippen LogP contribution in [-0.2, 0) is 6.54 Å². The van der Waals surface area contributed by atoms with E-state index in [4.69, 9.17) is 4.42 Å². The summed E-state index contributed by atoms with van der Waals surface area (Å²) in [5, 5.41) is 14.8. The Morgan fingerprint density at radius 3 is 3.20 bits per heavy atom. The highest BCUT2D eigenvalue weighted by atomic mass is 16.3. The minimum Gasteiger partial charge on any atom is -0.472 e. The summed E-state index contributed by atoms with van der Waals surface area (Å²) in [6.45, 7) is 2.76. The van der Waals surface area contributed by atoms with Crippen molar-refractivity contribution in [2.24, 2.45) is 0 Å². The molecule has 1 aliphatic rings. The molecule has 0 amide bonds. The van der Waals surface area contributed by atoms with Crippen molar-refractivity contribution in [1.29, 1.82) is 0 Å². The maximum atomic E-state index is 5.04. The van der Waals surface area contributed by atoms with Crippen molar-refractivity contribution < 1.29 is 4.42 Å². The molecule has 1 aliphatic heterocycles. The van der Waals surface area contributed by atoms with Gasteiger partial charge in [-0.15, -0.1) is 5.10 Å². The Bertz CT molecular complexity index is 542. The Hall–Kier alpha value is -2.08. The molecule has 0 unspecified atom stereocenters. The molecule has 2 N–H and O–H groups in total. The van der Waals surface area contributed by atoms with Crippen LogP contribution in [0.15, 0.2) is 35.3 Å². The predicted octanol–water partition coefficient (Wildman–Crippen LogP) is 1.48. The highest BCUT2D eigenvalue weighted by Gasteiger charge is 2.21. The molecule has 0 radical (unpaired) electrons. The molecule has 3 rings (SSSR count). The topological polar surface area (TPSA) is 66.2 Å². The number of furan rings is 1. The molecule has 0 saturated carbocycles. The molecule has 20 heavy (non-hydrogen) atoms. The second-order valence-corrected chi connectivity index (χ2v) is 5.00. The zero-order valence-corrected chi connectivity index (χ0v) is 11.5. The molecule has 2 aromatic rings. The monoisotopic (exact) mass is 273 g/mol. The van der Waals surface area contributed by atoms with Gasteiger partial charge in [-0.05, 0) is 19.5 Å². The zero-order valence-electron chi connectivity index (χ0n) is 11.5. The average Bonchev–Trinajstić information content (AvgIpc) is 3.16. The summed E-state index contributed by atoms with van der Waals surface area (Å²) in [4.78, 5) is 2.33. The fourth-order valence-corrected chi connectivity index (χ4v) is 2.43. The minimum absolute atomic E-state index is 0.561. The lowest BCUT2D eigenvalue weighted by molar-refractivity contribution is 0.564. The molecule has 6 heteroatoms. The maximum absolute atomic E-state index is 5.04. The van der Waals surface area contributed by atoms with Crippen molar-refractivity contribution in [2.75, 3.05) is 30.4 Å². The molecule has 0 spiro atoms. The quantitative estimate of drug-likeness (QED) is 0.860. The van der Waals surface area contributed by atoms with Crippen molar-refractivity contribution in [1.82, 2.24) is 15.5 Å². The number of anilines is 2. The van der Waals surface area contributed by atoms with Crippen LogP contribution in [0.4, 0.5) is 11.5 Å². The Balaban J connectivity index is 1.64. The van der Waals surface area contributed by atoms with Gasteiger partial charge in [-0.25, -0.2) is 0 Å². The number of hydrogen-bond acceptors (Lipinski definition) is 6. The molecule has 6 nitrogen and oxygen atoms in total. The van der Waals surface area contributed by atoms with Gasteiger partial charge in [0, 0.05) is 37.3 Å². The Morgan fingerprint density at radius 1 is 1.50 bits per heavy atom. The van der Waals surface area contributed by atoms with E-state index in [9.17, 15) is 0 Å². The van der Waals surface area contributed by atoms with Crippen LogP contribution in [0.25, 0.3) is 0 Å². The lowest BCUT2D eigenvalue weighted by Crippen LogP contribution is -2.29. The third-order valence-electron chi connectivity index (χ3n) is 3.66. The average molecular weight is 273 g/mol. The van der Waals surface area contributed by atoms with E-state index in [1.165, 1.54) is 0 Å². The van der Waals surface area contributed by atoms with Gasteiger partial charge in [-0.2, -0.15) is 5.10 Å². The van der Waals surface area contributed by atoms with Crippen molar-refractivity contribution >= 4 is 11.5 Å². The molecule has 0 aromatic carbocycles. The Morgan fingerprint density at radius 2 is 2.45 bits per heavy atom. The highest BCUT2D eigenvalue weighted by molar-refractivity contribution is 5.53. The standard InChI is InChI=1S/C14H19N5O/c1-15-12-2-4-19(9-12)13-6-14(18-17-8-13)16-7-11-3-5-20-10-11/h3,5-6,8,10,12,15H,2,4,7,9H2,1H3,(H,16,18)/t12-/m1/s1. The zero-order chi connectivity index (χ0) is 13.8. The summed E-state index contributed by atoms with van der Waals surface area (Å²) < 4.78 is 5.04. The summed E-state index contributed by atoms with van der Waals surface area (Å²) in [7, 11) is 2.01.